The minimum absolute atomic E-state index is 1.06. The molecule has 0 aromatic carbocycles. The summed E-state index contributed by atoms with van der Waals surface area (Å²) >= 11 is 0. The molecule has 1 heteroatoms. The van der Waals surface area contributed by atoms with Gasteiger partial charge in [0.1, 0.15) is 0 Å². The third-order valence-electron chi connectivity index (χ3n) is 5.07. The first kappa shape index (κ1) is 15.8. The van der Waals surface area contributed by atoms with Crippen LogP contribution in [0.1, 0.15) is 103 Å². The minimum atomic E-state index is 1.06. The number of hydrogen-bond donors (Lipinski definition) is 0. The zero-order chi connectivity index (χ0) is 13.2. The van der Waals surface area contributed by atoms with Crippen LogP contribution in [0.5, 0.6) is 0 Å². The van der Waals surface area contributed by atoms with Gasteiger partial charge in [-0.15, -0.1) is 0 Å². The van der Waals surface area contributed by atoms with Gasteiger partial charge >= 0.3 is 0 Å². The molecule has 0 aromatic rings. The van der Waals surface area contributed by atoms with Gasteiger partial charge < -0.3 is 0 Å². The smallest absolute Gasteiger partial charge is 0.0168 e. The first-order valence-electron chi connectivity index (χ1n) is 9.15. The molecule has 1 radical (unpaired) electrons. The first-order valence-corrected chi connectivity index (χ1v) is 10.2. The van der Waals surface area contributed by atoms with Gasteiger partial charge in [-0.05, 0) is 37.0 Å². The molecule has 111 valence electrons. The first-order chi connectivity index (χ1) is 9.45. The van der Waals surface area contributed by atoms with E-state index < -0.39 is 0 Å². The molecule has 19 heavy (non-hydrogen) atoms. The van der Waals surface area contributed by atoms with Gasteiger partial charge in [-0.2, -0.15) is 0 Å². The van der Waals surface area contributed by atoms with Gasteiger partial charge in [0.15, 0.2) is 0 Å². The van der Waals surface area contributed by atoms with Crippen LogP contribution in [-0.4, -0.2) is 11.3 Å². The normalized spacial score (nSPS) is 27.2. The van der Waals surface area contributed by atoms with Crippen LogP contribution in [0.25, 0.3) is 0 Å². The van der Waals surface area contributed by atoms with Gasteiger partial charge in [0, 0.05) is 0 Å². The summed E-state index contributed by atoms with van der Waals surface area (Å²) in [5.41, 5.74) is 2.12. The molecule has 0 atom stereocenters. The lowest BCUT2D eigenvalue weighted by Crippen LogP contribution is -2.09. The van der Waals surface area contributed by atoms with Crippen molar-refractivity contribution >= 4 is 8.58 Å². The summed E-state index contributed by atoms with van der Waals surface area (Å²) in [6, 6.07) is 0. The highest BCUT2D eigenvalue weighted by Gasteiger charge is 2.18. The van der Waals surface area contributed by atoms with Gasteiger partial charge in [-0.1, -0.05) is 85.6 Å². The number of rotatable bonds is 2. The molecule has 0 N–H and O–H groups in total. The molecule has 0 saturated heterocycles. The molecule has 0 aromatic heterocycles. The van der Waals surface area contributed by atoms with Crippen LogP contribution in [0.15, 0.2) is 0 Å². The Balaban J connectivity index is 1.73. The Morgan fingerprint density at radius 1 is 0.368 bits per heavy atom. The third-order valence-corrected chi connectivity index (χ3v) is 6.95. The summed E-state index contributed by atoms with van der Waals surface area (Å²) in [6.45, 7) is 0. The molecule has 2 aliphatic rings. The molecule has 2 aliphatic carbocycles. The van der Waals surface area contributed by atoms with Crippen LogP contribution in [0.4, 0.5) is 0 Å². The van der Waals surface area contributed by atoms with Crippen LogP contribution < -0.4 is 0 Å². The quantitative estimate of drug-likeness (QED) is 0.380. The Morgan fingerprint density at radius 3 is 0.947 bits per heavy atom. The summed E-state index contributed by atoms with van der Waals surface area (Å²) < 4.78 is 0. The Bertz CT molecular complexity index is 194. The van der Waals surface area contributed by atoms with Gasteiger partial charge in [-0.25, -0.2) is 0 Å². The molecule has 0 heterocycles. The van der Waals surface area contributed by atoms with Gasteiger partial charge in [0.25, 0.3) is 0 Å². The highest BCUT2D eigenvalue weighted by molar-refractivity contribution is 7.39. The van der Waals surface area contributed by atoms with Crippen molar-refractivity contribution in [2.45, 2.75) is 114 Å². The van der Waals surface area contributed by atoms with E-state index in [-0.39, 0.29) is 0 Å². The fourth-order valence-electron chi connectivity index (χ4n) is 3.82. The molecular formula is C18H34P. The molecule has 0 spiro atoms. The largest absolute Gasteiger partial charge is 0.0741 e. The van der Waals surface area contributed by atoms with E-state index >= 15 is 0 Å². The summed E-state index contributed by atoms with van der Waals surface area (Å²) in [7, 11) is 1.86. The van der Waals surface area contributed by atoms with Crippen molar-refractivity contribution in [3.05, 3.63) is 0 Å². The highest BCUT2D eigenvalue weighted by Crippen LogP contribution is 2.39. The summed E-state index contributed by atoms with van der Waals surface area (Å²) in [5, 5.41) is 0. The molecule has 0 amide bonds. The lowest BCUT2D eigenvalue weighted by Gasteiger charge is -2.22. The van der Waals surface area contributed by atoms with Crippen LogP contribution in [0, 0.1) is 0 Å². The molecule has 2 fully saturated rings. The third kappa shape index (κ3) is 7.12. The molecule has 0 aliphatic heterocycles. The second-order valence-corrected chi connectivity index (χ2v) is 8.61. The lowest BCUT2D eigenvalue weighted by molar-refractivity contribution is 0.585. The standard InChI is InChI=1S/C18H34P/c1-2-4-6-10-14-17(13-9-5-3-1)19-18-15-11-7-8-12-16-18/h17-18H,1-16H2. The van der Waals surface area contributed by atoms with Crippen molar-refractivity contribution in [1.29, 1.82) is 0 Å². The molecule has 0 nitrogen and oxygen atoms in total. The second-order valence-electron chi connectivity index (χ2n) is 6.85. The van der Waals surface area contributed by atoms with Crippen LogP contribution in [0.2, 0.25) is 0 Å². The van der Waals surface area contributed by atoms with Crippen molar-refractivity contribution in [2.24, 2.45) is 0 Å². The summed E-state index contributed by atoms with van der Waals surface area (Å²) in [6.07, 6.45) is 24.3. The summed E-state index contributed by atoms with van der Waals surface area (Å²) in [5.74, 6) is 0. The molecule has 2 saturated carbocycles. The maximum atomic E-state index is 1.86. The van der Waals surface area contributed by atoms with E-state index in [4.69, 9.17) is 0 Å². The van der Waals surface area contributed by atoms with Crippen molar-refractivity contribution in [1.82, 2.24) is 0 Å². The minimum Gasteiger partial charge on any atom is -0.0741 e. The van der Waals surface area contributed by atoms with Crippen LogP contribution in [-0.2, 0) is 0 Å². The zero-order valence-electron chi connectivity index (χ0n) is 12.9. The monoisotopic (exact) mass is 281 g/mol. The van der Waals surface area contributed by atoms with Crippen molar-refractivity contribution in [2.75, 3.05) is 0 Å². The van der Waals surface area contributed by atoms with Crippen LogP contribution >= 0.6 is 8.58 Å². The predicted octanol–water partition coefficient (Wildman–Crippen LogP) is 6.94. The molecular weight excluding hydrogens is 247 g/mol. The lowest BCUT2D eigenvalue weighted by atomic mass is 10.1. The Kier molecular flexibility index (Phi) is 8.49. The Labute approximate surface area is 123 Å². The molecule has 0 bridgehead atoms. The molecule has 0 unspecified atom stereocenters. The second kappa shape index (κ2) is 10.2. The van der Waals surface area contributed by atoms with Crippen molar-refractivity contribution < 1.29 is 0 Å². The zero-order valence-corrected chi connectivity index (χ0v) is 13.8. The fraction of sp³-hybridized carbons (Fsp3) is 1.00. The predicted molar refractivity (Wildman–Crippen MR) is 88.4 cm³/mol. The summed E-state index contributed by atoms with van der Waals surface area (Å²) in [4.78, 5) is 0. The van der Waals surface area contributed by atoms with E-state index in [2.05, 4.69) is 0 Å². The molecule has 2 rings (SSSR count). The maximum Gasteiger partial charge on any atom is -0.0168 e. The van der Waals surface area contributed by atoms with Gasteiger partial charge in [0.05, 0.1) is 0 Å². The SMILES string of the molecule is C1CCCCCC([P]C2CCCCCC2)CCCC1. The Hall–Kier alpha value is 0.430. The van der Waals surface area contributed by atoms with Crippen LogP contribution in [0.3, 0.4) is 0 Å². The highest BCUT2D eigenvalue weighted by atomic mass is 31.1. The van der Waals surface area contributed by atoms with E-state index in [0.29, 0.717) is 0 Å². The maximum absolute atomic E-state index is 1.86. The number of hydrogen-bond acceptors (Lipinski definition) is 0. The fourth-order valence-corrected chi connectivity index (χ4v) is 5.74. The van der Waals surface area contributed by atoms with Crippen molar-refractivity contribution in [3.8, 4) is 0 Å². The Morgan fingerprint density at radius 2 is 0.632 bits per heavy atom. The van der Waals surface area contributed by atoms with Crippen molar-refractivity contribution in [3.63, 3.8) is 0 Å². The topological polar surface area (TPSA) is 0 Å². The van der Waals surface area contributed by atoms with Gasteiger partial charge in [0.2, 0.25) is 0 Å². The average molecular weight is 281 g/mol. The van der Waals surface area contributed by atoms with Gasteiger partial charge in [-0.3, -0.25) is 0 Å². The van der Waals surface area contributed by atoms with E-state index in [1.54, 1.807) is 0 Å². The van der Waals surface area contributed by atoms with E-state index in [1.165, 1.54) is 103 Å². The van der Waals surface area contributed by atoms with E-state index in [9.17, 15) is 0 Å². The average Bonchev–Trinajstić information content (AvgIpc) is 2.70. The van der Waals surface area contributed by atoms with E-state index in [1.807, 2.05) is 8.58 Å². The van der Waals surface area contributed by atoms with E-state index in [0.717, 1.165) is 11.3 Å².